The van der Waals surface area contributed by atoms with Crippen LogP contribution in [-0.4, -0.2) is 22.8 Å². The third kappa shape index (κ3) is 5.07. The predicted molar refractivity (Wildman–Crippen MR) is 107 cm³/mol. The van der Waals surface area contributed by atoms with Gasteiger partial charge >= 0.3 is 0 Å². The van der Waals surface area contributed by atoms with Crippen molar-refractivity contribution in [2.45, 2.75) is 51.5 Å². The molecule has 1 heterocycles. The highest BCUT2D eigenvalue weighted by molar-refractivity contribution is 6.31. The number of aromatic nitrogens is 1. The van der Waals surface area contributed by atoms with Gasteiger partial charge in [0.2, 0.25) is 0 Å². The van der Waals surface area contributed by atoms with E-state index in [0.29, 0.717) is 21.8 Å². The van der Waals surface area contributed by atoms with E-state index in [1.54, 1.807) is 24.3 Å². The van der Waals surface area contributed by atoms with Gasteiger partial charge in [-0.2, -0.15) is 0 Å². The zero-order valence-electron chi connectivity index (χ0n) is 15.4. The minimum atomic E-state index is -0.322. The first kappa shape index (κ1) is 19.4. The maximum atomic E-state index is 12.6. The van der Waals surface area contributed by atoms with Gasteiger partial charge in [0.15, 0.2) is 0 Å². The van der Waals surface area contributed by atoms with Crippen LogP contribution in [0.15, 0.2) is 36.7 Å². The first-order valence-corrected chi connectivity index (χ1v) is 9.75. The second-order valence-corrected chi connectivity index (χ2v) is 7.40. The van der Waals surface area contributed by atoms with Gasteiger partial charge in [-0.1, -0.05) is 43.4 Å². The Kier molecular flexibility index (Phi) is 6.45. The van der Waals surface area contributed by atoms with Gasteiger partial charge in [-0.3, -0.25) is 14.6 Å². The lowest BCUT2D eigenvalue weighted by atomic mass is 10.1. The highest BCUT2D eigenvalue weighted by atomic mass is 35.5. The number of hydrogen-bond acceptors (Lipinski definition) is 3. The lowest BCUT2D eigenvalue weighted by molar-refractivity contribution is 0.0933. The van der Waals surface area contributed by atoms with Gasteiger partial charge in [-0.05, 0) is 43.5 Å². The van der Waals surface area contributed by atoms with E-state index in [9.17, 15) is 9.59 Å². The first-order valence-electron chi connectivity index (χ1n) is 9.37. The molecule has 1 fully saturated rings. The summed E-state index contributed by atoms with van der Waals surface area (Å²) in [5.41, 5.74) is 2.17. The smallest absolute Gasteiger partial charge is 0.257 e. The molecule has 1 aromatic carbocycles. The van der Waals surface area contributed by atoms with Crippen molar-refractivity contribution >= 4 is 29.1 Å². The van der Waals surface area contributed by atoms with E-state index in [4.69, 9.17) is 11.6 Å². The van der Waals surface area contributed by atoms with E-state index < -0.39 is 0 Å². The Bertz CT molecular complexity index is 830. The molecule has 5 nitrogen and oxygen atoms in total. The summed E-state index contributed by atoms with van der Waals surface area (Å²) in [4.78, 5) is 29.2. The van der Waals surface area contributed by atoms with Crippen LogP contribution in [0.3, 0.4) is 0 Å². The number of pyridine rings is 1. The summed E-state index contributed by atoms with van der Waals surface area (Å²) >= 11 is 6.10. The van der Waals surface area contributed by atoms with Crippen LogP contribution >= 0.6 is 11.6 Å². The van der Waals surface area contributed by atoms with Gasteiger partial charge in [0, 0.05) is 29.1 Å². The molecule has 0 aliphatic heterocycles. The molecule has 3 rings (SSSR count). The number of nitrogens with one attached hydrogen (secondary N) is 2. The topological polar surface area (TPSA) is 71.1 Å². The minimum Gasteiger partial charge on any atom is -0.349 e. The van der Waals surface area contributed by atoms with Crippen molar-refractivity contribution in [1.82, 2.24) is 10.3 Å². The van der Waals surface area contributed by atoms with Crippen molar-refractivity contribution in [3.63, 3.8) is 0 Å². The van der Waals surface area contributed by atoms with Gasteiger partial charge in [0.1, 0.15) is 0 Å². The number of amides is 2. The molecular weight excluding hydrogens is 362 g/mol. The minimum absolute atomic E-state index is 0.178. The summed E-state index contributed by atoms with van der Waals surface area (Å²) < 4.78 is 0. The van der Waals surface area contributed by atoms with Crippen molar-refractivity contribution in [1.29, 1.82) is 0 Å². The average Bonchev–Trinajstić information content (AvgIpc) is 2.94. The van der Waals surface area contributed by atoms with Crippen molar-refractivity contribution in [3.8, 4) is 0 Å². The number of hydrogen-bond donors (Lipinski definition) is 2. The zero-order chi connectivity index (χ0) is 19.2. The first-order chi connectivity index (χ1) is 13.0. The van der Waals surface area contributed by atoms with Crippen LogP contribution in [0.2, 0.25) is 5.02 Å². The van der Waals surface area contributed by atoms with Crippen LogP contribution in [0.25, 0.3) is 0 Å². The molecule has 2 N–H and O–H groups in total. The Morgan fingerprint density at radius 1 is 1.04 bits per heavy atom. The average molecular weight is 386 g/mol. The number of carbonyl (C=O) groups is 2. The van der Waals surface area contributed by atoms with Crippen molar-refractivity contribution in [2.24, 2.45) is 0 Å². The third-order valence-corrected chi connectivity index (χ3v) is 5.38. The number of nitrogens with zero attached hydrogens (tertiary/aromatic N) is 1. The molecule has 1 saturated carbocycles. The SMILES string of the molecule is Cc1c(Cl)cccc1NC(=O)c1cncc(C(=O)NC2CCCCCC2)c1. The van der Waals surface area contributed by atoms with Crippen LogP contribution < -0.4 is 10.6 Å². The fraction of sp³-hybridized carbons (Fsp3) is 0.381. The second-order valence-electron chi connectivity index (χ2n) is 6.99. The maximum Gasteiger partial charge on any atom is 0.257 e. The maximum absolute atomic E-state index is 12.6. The van der Waals surface area contributed by atoms with Crippen molar-refractivity contribution < 1.29 is 9.59 Å². The third-order valence-electron chi connectivity index (χ3n) is 4.97. The second kappa shape index (κ2) is 9.00. The Labute approximate surface area is 164 Å². The molecule has 27 heavy (non-hydrogen) atoms. The standard InChI is InChI=1S/C21H24ClN3O2/c1-14-18(22)9-6-10-19(14)25-21(27)16-11-15(12-23-13-16)20(26)24-17-7-4-2-3-5-8-17/h6,9-13,17H,2-5,7-8H2,1H3,(H,24,26)(H,25,27). The summed E-state index contributed by atoms with van der Waals surface area (Å²) in [5, 5.41) is 6.49. The highest BCUT2D eigenvalue weighted by Gasteiger charge is 2.17. The van der Waals surface area contributed by atoms with E-state index in [1.165, 1.54) is 25.2 Å². The molecule has 0 unspecified atom stereocenters. The number of rotatable bonds is 4. The summed E-state index contributed by atoms with van der Waals surface area (Å²) in [6.45, 7) is 1.84. The van der Waals surface area contributed by atoms with Gasteiger partial charge in [0.05, 0.1) is 11.1 Å². The molecule has 142 valence electrons. The fourth-order valence-corrected chi connectivity index (χ4v) is 3.49. The Morgan fingerprint density at radius 3 is 2.41 bits per heavy atom. The Morgan fingerprint density at radius 2 is 1.70 bits per heavy atom. The molecule has 0 saturated heterocycles. The summed E-state index contributed by atoms with van der Waals surface area (Å²) in [6, 6.07) is 7.11. The molecule has 0 radical (unpaired) electrons. The molecule has 1 aliphatic carbocycles. The Hall–Kier alpha value is -2.40. The van der Waals surface area contributed by atoms with E-state index in [1.807, 2.05) is 6.92 Å². The van der Waals surface area contributed by atoms with Crippen LogP contribution in [-0.2, 0) is 0 Å². The van der Waals surface area contributed by atoms with E-state index >= 15 is 0 Å². The molecule has 0 bridgehead atoms. The molecule has 0 spiro atoms. The van der Waals surface area contributed by atoms with Gasteiger partial charge < -0.3 is 10.6 Å². The fourth-order valence-electron chi connectivity index (χ4n) is 3.32. The van der Waals surface area contributed by atoms with Gasteiger partial charge in [-0.25, -0.2) is 0 Å². The number of benzene rings is 1. The lowest BCUT2D eigenvalue weighted by Gasteiger charge is -2.16. The van der Waals surface area contributed by atoms with E-state index in [0.717, 1.165) is 31.2 Å². The molecule has 2 aromatic rings. The Balaban J connectivity index is 1.69. The number of carbonyl (C=O) groups excluding carboxylic acids is 2. The zero-order valence-corrected chi connectivity index (χ0v) is 16.2. The summed E-state index contributed by atoms with van der Waals surface area (Å²) in [7, 11) is 0. The van der Waals surface area contributed by atoms with E-state index in [2.05, 4.69) is 15.6 Å². The van der Waals surface area contributed by atoms with E-state index in [-0.39, 0.29) is 17.9 Å². The monoisotopic (exact) mass is 385 g/mol. The molecule has 1 aromatic heterocycles. The number of halogens is 1. The number of anilines is 1. The van der Waals surface area contributed by atoms with Gasteiger partial charge in [0.25, 0.3) is 11.8 Å². The lowest BCUT2D eigenvalue weighted by Crippen LogP contribution is -2.34. The van der Waals surface area contributed by atoms with Gasteiger partial charge in [-0.15, -0.1) is 0 Å². The van der Waals surface area contributed by atoms with Crippen molar-refractivity contribution in [3.05, 3.63) is 58.4 Å². The predicted octanol–water partition coefficient (Wildman–Crippen LogP) is 4.75. The quantitative estimate of drug-likeness (QED) is 0.746. The summed E-state index contributed by atoms with van der Waals surface area (Å²) in [5.74, 6) is -0.500. The molecule has 0 atom stereocenters. The van der Waals surface area contributed by atoms with Crippen LogP contribution in [0.5, 0.6) is 0 Å². The normalized spacial score (nSPS) is 15.0. The van der Waals surface area contributed by atoms with Crippen LogP contribution in [0.4, 0.5) is 5.69 Å². The van der Waals surface area contributed by atoms with Crippen molar-refractivity contribution in [2.75, 3.05) is 5.32 Å². The largest absolute Gasteiger partial charge is 0.349 e. The molecule has 2 amide bonds. The highest BCUT2D eigenvalue weighted by Crippen LogP contribution is 2.23. The van der Waals surface area contributed by atoms with Crippen LogP contribution in [0, 0.1) is 6.92 Å². The summed E-state index contributed by atoms with van der Waals surface area (Å²) in [6.07, 6.45) is 9.71. The molecule has 1 aliphatic rings. The molecule has 6 heteroatoms. The van der Waals surface area contributed by atoms with Crippen LogP contribution in [0.1, 0.15) is 64.8 Å². The molecular formula is C21H24ClN3O2.